The third kappa shape index (κ3) is 4.41. The number of hydrogen-bond acceptors (Lipinski definition) is 5. The molecule has 0 atom stereocenters. The van der Waals surface area contributed by atoms with E-state index < -0.39 is 11.7 Å². The van der Waals surface area contributed by atoms with Crippen LogP contribution in [0.5, 0.6) is 0 Å². The van der Waals surface area contributed by atoms with Gasteiger partial charge in [-0.3, -0.25) is 9.78 Å². The van der Waals surface area contributed by atoms with Gasteiger partial charge in [-0.15, -0.1) is 5.10 Å². The number of aromatic nitrogens is 1. The summed E-state index contributed by atoms with van der Waals surface area (Å²) < 4.78 is 38.0. The van der Waals surface area contributed by atoms with Gasteiger partial charge in [-0.2, -0.15) is 18.3 Å². The molecule has 1 amide bonds. The molecular formula is C16H10ClF3N4OS. The van der Waals surface area contributed by atoms with Gasteiger partial charge in [-0.25, -0.2) is 0 Å². The Bertz CT molecular complexity index is 897. The monoisotopic (exact) mass is 398 g/mol. The highest BCUT2D eigenvalue weighted by Gasteiger charge is 2.31. The van der Waals surface area contributed by atoms with Crippen LogP contribution in [0.1, 0.15) is 11.1 Å². The third-order valence-corrected chi connectivity index (χ3v) is 4.45. The highest BCUT2D eigenvalue weighted by atomic mass is 35.5. The molecule has 3 rings (SSSR count). The van der Waals surface area contributed by atoms with E-state index in [0.717, 1.165) is 17.8 Å². The van der Waals surface area contributed by atoms with Crippen molar-refractivity contribution in [1.82, 2.24) is 10.3 Å². The van der Waals surface area contributed by atoms with E-state index in [1.54, 1.807) is 24.3 Å². The molecule has 0 radical (unpaired) electrons. The lowest BCUT2D eigenvalue weighted by atomic mass is 10.1. The number of halogens is 4. The van der Waals surface area contributed by atoms with E-state index in [-0.39, 0.29) is 16.6 Å². The third-order valence-electron chi connectivity index (χ3n) is 3.29. The fourth-order valence-corrected chi connectivity index (χ4v) is 2.97. The molecule has 1 saturated heterocycles. The summed E-state index contributed by atoms with van der Waals surface area (Å²) in [6.45, 7) is 0. The van der Waals surface area contributed by atoms with Crippen LogP contribution in [-0.2, 0) is 11.0 Å². The van der Waals surface area contributed by atoms with E-state index in [1.807, 2.05) is 0 Å². The molecule has 134 valence electrons. The maximum absolute atomic E-state index is 12.7. The van der Waals surface area contributed by atoms with Crippen LogP contribution in [0.3, 0.4) is 0 Å². The van der Waals surface area contributed by atoms with Crippen molar-refractivity contribution in [3.63, 3.8) is 0 Å². The van der Waals surface area contributed by atoms with E-state index in [2.05, 4.69) is 20.5 Å². The Morgan fingerprint density at radius 2 is 2.00 bits per heavy atom. The van der Waals surface area contributed by atoms with Crippen LogP contribution in [0.15, 0.2) is 46.7 Å². The van der Waals surface area contributed by atoms with Gasteiger partial charge in [-0.05, 0) is 11.6 Å². The van der Waals surface area contributed by atoms with E-state index in [9.17, 15) is 18.0 Å². The molecule has 2 aromatic rings. The number of amidine groups is 1. The molecule has 1 aromatic heterocycles. The normalized spacial score (nSPS) is 16.5. The predicted octanol–water partition coefficient (Wildman–Crippen LogP) is 3.97. The largest absolute Gasteiger partial charge is 0.417 e. The zero-order valence-corrected chi connectivity index (χ0v) is 14.5. The number of carbonyl (C=O) groups excluding carboxylic acids is 1. The van der Waals surface area contributed by atoms with Gasteiger partial charge in [-0.1, -0.05) is 47.6 Å². The Morgan fingerprint density at radius 1 is 1.27 bits per heavy atom. The van der Waals surface area contributed by atoms with Crippen molar-refractivity contribution in [2.45, 2.75) is 6.18 Å². The SMILES string of the molecule is O=C1CSC(=NN=Cc2ccc(-c3ncc(C(F)(F)F)cc3Cl)cc2)N1. The molecular weight excluding hydrogens is 389 g/mol. The van der Waals surface area contributed by atoms with Crippen LogP contribution in [-0.4, -0.2) is 28.0 Å². The molecule has 10 heteroatoms. The smallest absolute Gasteiger partial charge is 0.303 e. The Kier molecular flexibility index (Phi) is 5.28. The number of hydrogen-bond donors (Lipinski definition) is 1. The molecule has 26 heavy (non-hydrogen) atoms. The van der Waals surface area contributed by atoms with E-state index in [0.29, 0.717) is 16.5 Å². The summed E-state index contributed by atoms with van der Waals surface area (Å²) in [6, 6.07) is 7.59. The number of alkyl halides is 3. The van der Waals surface area contributed by atoms with Crippen LogP contribution < -0.4 is 5.32 Å². The fourth-order valence-electron chi connectivity index (χ4n) is 2.06. The van der Waals surface area contributed by atoms with Crippen molar-refractivity contribution in [1.29, 1.82) is 0 Å². The van der Waals surface area contributed by atoms with Crippen LogP contribution in [0, 0.1) is 0 Å². The summed E-state index contributed by atoms with van der Waals surface area (Å²) in [6.07, 6.45) is -2.25. The second-order valence-electron chi connectivity index (χ2n) is 5.16. The van der Waals surface area contributed by atoms with E-state index in [1.165, 1.54) is 18.0 Å². The first-order chi connectivity index (χ1) is 12.3. The van der Waals surface area contributed by atoms with Crippen molar-refractivity contribution in [3.8, 4) is 11.3 Å². The van der Waals surface area contributed by atoms with Gasteiger partial charge in [0.1, 0.15) is 0 Å². The maximum atomic E-state index is 12.7. The molecule has 0 spiro atoms. The first-order valence-electron chi connectivity index (χ1n) is 7.20. The van der Waals surface area contributed by atoms with Crippen molar-refractivity contribution < 1.29 is 18.0 Å². The first kappa shape index (κ1) is 18.4. The average molecular weight is 399 g/mol. The van der Waals surface area contributed by atoms with Gasteiger partial charge >= 0.3 is 6.18 Å². The number of carbonyl (C=O) groups is 1. The van der Waals surface area contributed by atoms with Gasteiger partial charge in [0.15, 0.2) is 5.17 Å². The molecule has 0 saturated carbocycles. The molecule has 0 aliphatic carbocycles. The highest BCUT2D eigenvalue weighted by molar-refractivity contribution is 8.15. The summed E-state index contributed by atoms with van der Waals surface area (Å²) in [4.78, 5) is 14.8. The Labute approximate surface area is 155 Å². The predicted molar refractivity (Wildman–Crippen MR) is 95.3 cm³/mol. The van der Waals surface area contributed by atoms with Gasteiger partial charge in [0.2, 0.25) is 5.91 Å². The van der Waals surface area contributed by atoms with Crippen LogP contribution in [0.2, 0.25) is 5.02 Å². The molecule has 1 aromatic carbocycles. The van der Waals surface area contributed by atoms with E-state index in [4.69, 9.17) is 11.6 Å². The minimum Gasteiger partial charge on any atom is -0.303 e. The lowest BCUT2D eigenvalue weighted by molar-refractivity contribution is -0.137. The topological polar surface area (TPSA) is 66.7 Å². The first-order valence-corrected chi connectivity index (χ1v) is 8.56. The Balaban J connectivity index is 1.74. The number of nitrogens with one attached hydrogen (secondary N) is 1. The van der Waals surface area contributed by atoms with Crippen LogP contribution in [0.4, 0.5) is 13.2 Å². The summed E-state index contributed by atoms with van der Waals surface area (Å²) in [5, 5.41) is 10.7. The molecule has 0 bridgehead atoms. The number of thioether (sulfide) groups is 1. The molecule has 1 N–H and O–H groups in total. The number of amides is 1. The minimum absolute atomic E-state index is 0.0818. The number of nitrogens with zero attached hydrogens (tertiary/aromatic N) is 3. The standard InChI is InChI=1S/C16H10ClF3N4OS/c17-12-5-11(16(18,19)20)7-21-14(12)10-3-1-9(2-4-10)6-22-24-15-23-13(25)8-26-15/h1-7H,8H2,(H,23,24,25). The summed E-state index contributed by atoms with van der Waals surface area (Å²) in [5.74, 6) is 0.207. The van der Waals surface area contributed by atoms with Gasteiger partial charge in [0.05, 0.1) is 28.2 Å². The maximum Gasteiger partial charge on any atom is 0.417 e. The van der Waals surface area contributed by atoms with Crippen LogP contribution in [0.25, 0.3) is 11.3 Å². The Hall–Kier alpha value is -2.39. The lowest BCUT2D eigenvalue weighted by Gasteiger charge is -2.09. The molecule has 1 fully saturated rings. The summed E-state index contributed by atoms with van der Waals surface area (Å²) in [5.41, 5.74) is 0.653. The molecule has 5 nitrogen and oxygen atoms in total. The van der Waals surface area contributed by atoms with Gasteiger partial charge in [0.25, 0.3) is 0 Å². The number of rotatable bonds is 3. The second-order valence-corrected chi connectivity index (χ2v) is 6.53. The summed E-state index contributed by atoms with van der Waals surface area (Å²) >= 11 is 7.20. The lowest BCUT2D eigenvalue weighted by Crippen LogP contribution is -2.19. The molecule has 2 heterocycles. The molecule has 1 aliphatic rings. The number of pyridine rings is 1. The summed E-state index contributed by atoms with van der Waals surface area (Å²) in [7, 11) is 0. The van der Waals surface area contributed by atoms with Crippen LogP contribution >= 0.6 is 23.4 Å². The number of benzene rings is 1. The van der Waals surface area contributed by atoms with E-state index >= 15 is 0 Å². The van der Waals surface area contributed by atoms with Crippen molar-refractivity contribution in [2.24, 2.45) is 10.2 Å². The molecule has 0 unspecified atom stereocenters. The Morgan fingerprint density at radius 3 is 2.58 bits per heavy atom. The van der Waals surface area contributed by atoms with Crippen molar-refractivity contribution in [2.75, 3.05) is 5.75 Å². The minimum atomic E-state index is -4.49. The average Bonchev–Trinajstić information content (AvgIpc) is 3.00. The molecule has 1 aliphatic heterocycles. The highest BCUT2D eigenvalue weighted by Crippen LogP contribution is 2.33. The zero-order valence-electron chi connectivity index (χ0n) is 12.9. The van der Waals surface area contributed by atoms with Gasteiger partial charge in [0, 0.05) is 11.8 Å². The fraction of sp³-hybridized carbons (Fsp3) is 0.125. The zero-order chi connectivity index (χ0) is 18.7. The van der Waals surface area contributed by atoms with Gasteiger partial charge < -0.3 is 5.32 Å². The van der Waals surface area contributed by atoms with Crippen molar-refractivity contribution >= 4 is 40.7 Å². The second kappa shape index (κ2) is 7.46. The quantitative estimate of drug-likeness (QED) is 0.628. The van der Waals surface area contributed by atoms with Crippen molar-refractivity contribution in [3.05, 3.63) is 52.7 Å².